The van der Waals surface area contributed by atoms with Crippen molar-refractivity contribution in [3.8, 4) is 11.5 Å². The van der Waals surface area contributed by atoms with Crippen molar-refractivity contribution < 1.29 is 19.1 Å². The highest BCUT2D eigenvalue weighted by Crippen LogP contribution is 2.35. The summed E-state index contributed by atoms with van der Waals surface area (Å²) in [7, 11) is 0. The van der Waals surface area contributed by atoms with Crippen LogP contribution in [0.4, 0.5) is 0 Å². The lowest BCUT2D eigenvalue weighted by molar-refractivity contribution is -0.131. The third kappa shape index (κ3) is 8.07. The van der Waals surface area contributed by atoms with Crippen LogP contribution in [0.1, 0.15) is 65.2 Å². The predicted octanol–water partition coefficient (Wildman–Crippen LogP) is 5.21. The minimum absolute atomic E-state index is 0.00981. The van der Waals surface area contributed by atoms with Crippen molar-refractivity contribution >= 4 is 27.7 Å². The molecule has 0 fully saturated rings. The maximum absolute atomic E-state index is 12.2. The maximum atomic E-state index is 12.2. The van der Waals surface area contributed by atoms with Gasteiger partial charge in [-0.05, 0) is 68.1 Å². The monoisotopic (exact) mass is 518 g/mol. The van der Waals surface area contributed by atoms with Crippen molar-refractivity contribution in [3.05, 3.63) is 57.6 Å². The molecule has 0 aliphatic rings. The molecule has 0 atom stereocenters. The number of ether oxygens (including phenoxy) is 2. The molecular weight excluding hydrogens is 484 g/mol. The van der Waals surface area contributed by atoms with Gasteiger partial charge in [0.1, 0.15) is 11.5 Å². The Bertz CT molecular complexity index is 991. The average Bonchev–Trinajstić information content (AvgIpc) is 2.73. The standard InChI is InChI=1S/C26H35BrN2O4/c1-8-17-9-11-22(20(27)13-17)33-16-24(31)29-28-23(30)15-32-21-12-10-18(25(2,3)4)14-19(21)26(5,6)7/h9-14H,8,15-16H2,1-7H3,(H,28,30)(H,29,31). The van der Waals surface area contributed by atoms with Gasteiger partial charge >= 0.3 is 0 Å². The number of rotatable bonds is 7. The molecular formula is C26H35BrN2O4. The van der Waals surface area contributed by atoms with E-state index in [0.717, 1.165) is 22.0 Å². The zero-order valence-corrected chi connectivity index (χ0v) is 22.2. The third-order valence-electron chi connectivity index (χ3n) is 5.12. The van der Waals surface area contributed by atoms with Crippen LogP contribution >= 0.6 is 15.9 Å². The van der Waals surface area contributed by atoms with E-state index < -0.39 is 11.8 Å². The molecule has 2 N–H and O–H groups in total. The molecule has 0 heterocycles. The van der Waals surface area contributed by atoms with E-state index in [1.54, 1.807) is 6.07 Å². The summed E-state index contributed by atoms with van der Waals surface area (Å²) >= 11 is 3.43. The quantitative estimate of drug-likeness (QED) is 0.493. The zero-order valence-electron chi connectivity index (χ0n) is 20.6. The van der Waals surface area contributed by atoms with E-state index in [0.29, 0.717) is 11.5 Å². The fraction of sp³-hybridized carbons (Fsp3) is 0.462. The number of aryl methyl sites for hydroxylation is 1. The first-order valence-corrected chi connectivity index (χ1v) is 11.9. The maximum Gasteiger partial charge on any atom is 0.276 e. The molecule has 6 nitrogen and oxygen atoms in total. The molecule has 7 heteroatoms. The van der Waals surface area contributed by atoms with Gasteiger partial charge in [-0.1, -0.05) is 66.7 Å². The molecule has 0 radical (unpaired) electrons. The molecule has 0 bridgehead atoms. The van der Waals surface area contributed by atoms with Crippen molar-refractivity contribution in [1.82, 2.24) is 10.9 Å². The fourth-order valence-corrected chi connectivity index (χ4v) is 3.63. The van der Waals surface area contributed by atoms with Gasteiger partial charge in [-0.25, -0.2) is 0 Å². The van der Waals surface area contributed by atoms with E-state index in [4.69, 9.17) is 9.47 Å². The predicted molar refractivity (Wildman–Crippen MR) is 135 cm³/mol. The SMILES string of the molecule is CCc1ccc(OCC(=O)NNC(=O)COc2ccc(C(C)(C)C)cc2C(C)(C)C)c(Br)c1. The lowest BCUT2D eigenvalue weighted by Gasteiger charge is -2.27. The Kier molecular flexibility index (Phi) is 8.95. The fourth-order valence-electron chi connectivity index (χ4n) is 3.09. The second kappa shape index (κ2) is 11.1. The summed E-state index contributed by atoms with van der Waals surface area (Å²) in [6.45, 7) is 14.4. The number of hydrogen-bond acceptors (Lipinski definition) is 4. The molecule has 2 aromatic carbocycles. The van der Waals surface area contributed by atoms with Gasteiger partial charge in [-0.15, -0.1) is 0 Å². The van der Waals surface area contributed by atoms with Crippen molar-refractivity contribution in [3.63, 3.8) is 0 Å². The molecule has 0 aliphatic heterocycles. The number of hydrogen-bond donors (Lipinski definition) is 2. The van der Waals surface area contributed by atoms with Crippen molar-refractivity contribution in [2.24, 2.45) is 0 Å². The summed E-state index contributed by atoms with van der Waals surface area (Å²) in [5, 5.41) is 0. The van der Waals surface area contributed by atoms with E-state index in [1.165, 1.54) is 5.56 Å². The molecule has 2 rings (SSSR count). The zero-order chi connectivity index (χ0) is 24.8. The first-order chi connectivity index (χ1) is 15.3. The first kappa shape index (κ1) is 26.7. The van der Waals surface area contributed by atoms with Crippen molar-refractivity contribution in [2.45, 2.75) is 65.7 Å². The smallest absolute Gasteiger partial charge is 0.276 e. The average molecular weight is 519 g/mol. The van der Waals surface area contributed by atoms with Crippen LogP contribution in [0.5, 0.6) is 11.5 Å². The highest BCUT2D eigenvalue weighted by molar-refractivity contribution is 9.10. The van der Waals surface area contributed by atoms with Gasteiger partial charge in [0.15, 0.2) is 13.2 Å². The molecule has 2 amide bonds. The van der Waals surface area contributed by atoms with E-state index in [1.807, 2.05) is 24.3 Å². The highest BCUT2D eigenvalue weighted by atomic mass is 79.9. The molecule has 33 heavy (non-hydrogen) atoms. The number of carbonyl (C=O) groups excluding carboxylic acids is 2. The van der Waals surface area contributed by atoms with Gasteiger partial charge < -0.3 is 9.47 Å². The van der Waals surface area contributed by atoms with E-state index in [9.17, 15) is 9.59 Å². The molecule has 0 unspecified atom stereocenters. The Labute approximate surface area is 205 Å². The van der Waals surface area contributed by atoms with E-state index in [2.05, 4.69) is 81.3 Å². The second-order valence-electron chi connectivity index (χ2n) is 10.0. The van der Waals surface area contributed by atoms with Crippen LogP contribution in [0.2, 0.25) is 0 Å². The summed E-state index contributed by atoms with van der Waals surface area (Å²) in [5.41, 5.74) is 7.96. The van der Waals surface area contributed by atoms with E-state index in [-0.39, 0.29) is 24.0 Å². The minimum atomic E-state index is -0.472. The summed E-state index contributed by atoms with van der Waals surface area (Å²) < 4.78 is 12.1. The Morgan fingerprint density at radius 3 is 1.85 bits per heavy atom. The van der Waals surface area contributed by atoms with Crippen LogP contribution in [0.25, 0.3) is 0 Å². The lowest BCUT2D eigenvalue weighted by atomic mass is 9.80. The number of halogens is 1. The highest BCUT2D eigenvalue weighted by Gasteiger charge is 2.23. The van der Waals surface area contributed by atoms with Crippen molar-refractivity contribution in [1.29, 1.82) is 0 Å². The number of nitrogens with one attached hydrogen (secondary N) is 2. The number of benzene rings is 2. The Morgan fingerprint density at radius 2 is 1.36 bits per heavy atom. The van der Waals surface area contributed by atoms with Crippen LogP contribution in [-0.2, 0) is 26.8 Å². The second-order valence-corrected chi connectivity index (χ2v) is 10.9. The Morgan fingerprint density at radius 1 is 0.818 bits per heavy atom. The summed E-state index contributed by atoms with van der Waals surface area (Å²) in [4.78, 5) is 24.2. The number of carbonyl (C=O) groups is 2. The molecule has 0 aliphatic carbocycles. The molecule has 0 saturated carbocycles. The van der Waals surface area contributed by atoms with Gasteiger partial charge in [0.05, 0.1) is 4.47 Å². The third-order valence-corrected chi connectivity index (χ3v) is 5.74. The van der Waals surface area contributed by atoms with Crippen LogP contribution in [0, 0.1) is 0 Å². The van der Waals surface area contributed by atoms with Crippen molar-refractivity contribution in [2.75, 3.05) is 13.2 Å². The topological polar surface area (TPSA) is 76.7 Å². The van der Waals surface area contributed by atoms with Gasteiger partial charge in [-0.2, -0.15) is 0 Å². The van der Waals surface area contributed by atoms with Gasteiger partial charge in [0.25, 0.3) is 11.8 Å². The Hall–Kier alpha value is -2.54. The van der Waals surface area contributed by atoms with Gasteiger partial charge in [0.2, 0.25) is 0 Å². The normalized spacial score (nSPS) is 11.6. The molecule has 0 saturated heterocycles. The van der Waals surface area contributed by atoms with Crippen LogP contribution in [0.3, 0.4) is 0 Å². The number of hydrazine groups is 1. The number of amides is 2. The van der Waals surface area contributed by atoms with Gasteiger partial charge in [-0.3, -0.25) is 20.4 Å². The minimum Gasteiger partial charge on any atom is -0.483 e. The molecule has 0 spiro atoms. The largest absolute Gasteiger partial charge is 0.483 e. The van der Waals surface area contributed by atoms with Crippen LogP contribution in [0.15, 0.2) is 40.9 Å². The molecule has 180 valence electrons. The van der Waals surface area contributed by atoms with Crippen LogP contribution in [-0.4, -0.2) is 25.0 Å². The first-order valence-electron chi connectivity index (χ1n) is 11.1. The van der Waals surface area contributed by atoms with E-state index >= 15 is 0 Å². The molecule has 2 aromatic rings. The Balaban J connectivity index is 1.88. The van der Waals surface area contributed by atoms with Gasteiger partial charge in [0, 0.05) is 0 Å². The molecule has 0 aromatic heterocycles. The summed E-state index contributed by atoms with van der Waals surface area (Å²) in [6, 6.07) is 11.8. The summed E-state index contributed by atoms with van der Waals surface area (Å²) in [6.07, 6.45) is 0.908. The lowest BCUT2D eigenvalue weighted by Crippen LogP contribution is -2.45. The summed E-state index contributed by atoms with van der Waals surface area (Å²) in [5.74, 6) is 0.280. The van der Waals surface area contributed by atoms with Crippen LogP contribution < -0.4 is 20.3 Å².